The third-order valence-electron chi connectivity index (χ3n) is 5.35. The van der Waals surface area contributed by atoms with Gasteiger partial charge < -0.3 is 15.4 Å². The zero-order valence-corrected chi connectivity index (χ0v) is 19.9. The van der Waals surface area contributed by atoms with E-state index in [1.54, 1.807) is 12.1 Å². The molecule has 0 aromatic heterocycles. The van der Waals surface area contributed by atoms with Crippen LogP contribution in [-0.4, -0.2) is 18.0 Å². The molecule has 0 saturated heterocycles. The first-order valence-corrected chi connectivity index (χ1v) is 11.1. The van der Waals surface area contributed by atoms with E-state index in [0.717, 1.165) is 33.3 Å². The van der Waals surface area contributed by atoms with Crippen LogP contribution in [0.3, 0.4) is 0 Å². The molecule has 4 aromatic rings. The van der Waals surface area contributed by atoms with Crippen LogP contribution >= 0.6 is 24.0 Å². The molecule has 0 atom stereocenters. The highest BCUT2D eigenvalue weighted by atomic mass is 35.5. The van der Waals surface area contributed by atoms with Gasteiger partial charge in [-0.05, 0) is 35.0 Å². The molecule has 4 rings (SSSR count). The van der Waals surface area contributed by atoms with E-state index in [2.05, 4.69) is 28.8 Å². The Hall–Kier alpha value is -3.32. The van der Waals surface area contributed by atoms with Crippen LogP contribution in [0.15, 0.2) is 84.9 Å². The SMILES string of the molecule is Cl.O=[N+]([O-])c1ccc(NCCNCc2c(OCc3ccccc3Cl)ccc3ccccc23)cc1. The molecule has 0 bridgehead atoms. The molecule has 4 aromatic carbocycles. The zero-order chi connectivity index (χ0) is 23.0. The number of hydrogen-bond acceptors (Lipinski definition) is 5. The van der Waals surface area contributed by atoms with E-state index < -0.39 is 4.92 Å². The van der Waals surface area contributed by atoms with E-state index in [0.29, 0.717) is 31.3 Å². The first kappa shape index (κ1) is 25.3. The van der Waals surface area contributed by atoms with Gasteiger partial charge in [0.25, 0.3) is 5.69 Å². The molecule has 8 heteroatoms. The van der Waals surface area contributed by atoms with Crippen LogP contribution in [-0.2, 0) is 13.2 Å². The number of nitrogens with zero attached hydrogens (tertiary/aromatic N) is 1. The van der Waals surface area contributed by atoms with Crippen LogP contribution in [0.4, 0.5) is 11.4 Å². The van der Waals surface area contributed by atoms with Gasteiger partial charge in [-0.3, -0.25) is 10.1 Å². The normalized spacial score (nSPS) is 10.5. The largest absolute Gasteiger partial charge is 0.488 e. The van der Waals surface area contributed by atoms with Crippen molar-refractivity contribution in [1.29, 1.82) is 0 Å². The fourth-order valence-electron chi connectivity index (χ4n) is 3.61. The van der Waals surface area contributed by atoms with Gasteiger partial charge in [-0.25, -0.2) is 0 Å². The molecule has 0 radical (unpaired) electrons. The van der Waals surface area contributed by atoms with Crippen molar-refractivity contribution in [3.05, 3.63) is 111 Å². The van der Waals surface area contributed by atoms with Gasteiger partial charge in [-0.15, -0.1) is 12.4 Å². The summed E-state index contributed by atoms with van der Waals surface area (Å²) in [6, 6.07) is 26.4. The number of nitro benzene ring substituents is 1. The average Bonchev–Trinajstić information content (AvgIpc) is 2.84. The summed E-state index contributed by atoms with van der Waals surface area (Å²) in [5.74, 6) is 0.824. The Morgan fingerprint density at radius 1 is 0.882 bits per heavy atom. The second-order valence-electron chi connectivity index (χ2n) is 7.55. The van der Waals surface area contributed by atoms with Gasteiger partial charge in [0.15, 0.2) is 0 Å². The number of non-ortho nitro benzene ring substituents is 1. The van der Waals surface area contributed by atoms with Gasteiger partial charge in [-0.1, -0.05) is 60.1 Å². The van der Waals surface area contributed by atoms with Crippen molar-refractivity contribution < 1.29 is 9.66 Å². The highest BCUT2D eigenvalue weighted by Crippen LogP contribution is 2.29. The van der Waals surface area contributed by atoms with Crippen molar-refractivity contribution in [3.63, 3.8) is 0 Å². The minimum atomic E-state index is -0.402. The summed E-state index contributed by atoms with van der Waals surface area (Å²) in [7, 11) is 0. The van der Waals surface area contributed by atoms with E-state index in [1.165, 1.54) is 12.1 Å². The molecule has 0 amide bonds. The topological polar surface area (TPSA) is 76.4 Å². The Balaban J connectivity index is 0.00000324. The highest BCUT2D eigenvalue weighted by molar-refractivity contribution is 6.31. The summed E-state index contributed by atoms with van der Waals surface area (Å²) in [6.45, 7) is 2.43. The zero-order valence-electron chi connectivity index (χ0n) is 18.4. The van der Waals surface area contributed by atoms with Gasteiger partial charge in [0.05, 0.1) is 4.92 Å². The summed E-state index contributed by atoms with van der Waals surface area (Å²) in [6.07, 6.45) is 0. The van der Waals surface area contributed by atoms with Crippen molar-refractivity contribution in [3.8, 4) is 5.75 Å². The minimum Gasteiger partial charge on any atom is -0.488 e. The summed E-state index contributed by atoms with van der Waals surface area (Å²) >= 11 is 6.29. The lowest BCUT2D eigenvalue weighted by molar-refractivity contribution is -0.384. The van der Waals surface area contributed by atoms with Crippen LogP contribution in [0.2, 0.25) is 5.02 Å². The molecule has 176 valence electrons. The summed E-state index contributed by atoms with van der Waals surface area (Å²) in [5, 5.41) is 20.5. The predicted molar refractivity (Wildman–Crippen MR) is 140 cm³/mol. The van der Waals surface area contributed by atoms with Crippen molar-refractivity contribution in [1.82, 2.24) is 5.32 Å². The predicted octanol–water partition coefficient (Wildman–Crippen LogP) is 6.60. The second-order valence-corrected chi connectivity index (χ2v) is 7.96. The number of nitro groups is 1. The van der Waals surface area contributed by atoms with E-state index in [4.69, 9.17) is 16.3 Å². The van der Waals surface area contributed by atoms with Gasteiger partial charge in [0.1, 0.15) is 12.4 Å². The molecule has 0 saturated carbocycles. The average molecular weight is 498 g/mol. The number of hydrogen-bond donors (Lipinski definition) is 2. The van der Waals surface area contributed by atoms with E-state index >= 15 is 0 Å². The highest BCUT2D eigenvalue weighted by Gasteiger charge is 2.10. The van der Waals surface area contributed by atoms with Crippen LogP contribution < -0.4 is 15.4 Å². The summed E-state index contributed by atoms with van der Waals surface area (Å²) in [4.78, 5) is 10.4. The second kappa shape index (κ2) is 12.2. The lowest BCUT2D eigenvalue weighted by Crippen LogP contribution is -2.22. The number of nitrogens with one attached hydrogen (secondary N) is 2. The van der Waals surface area contributed by atoms with E-state index in [-0.39, 0.29) is 18.1 Å². The van der Waals surface area contributed by atoms with Crippen molar-refractivity contribution in [2.24, 2.45) is 0 Å². The fraction of sp³-hybridized carbons (Fsp3) is 0.154. The van der Waals surface area contributed by atoms with Gasteiger partial charge >= 0.3 is 0 Å². The third kappa shape index (κ3) is 6.38. The molecule has 34 heavy (non-hydrogen) atoms. The monoisotopic (exact) mass is 497 g/mol. The molecule has 0 aliphatic carbocycles. The quantitative estimate of drug-likeness (QED) is 0.146. The molecular formula is C26H25Cl2N3O3. The van der Waals surface area contributed by atoms with E-state index in [1.807, 2.05) is 42.5 Å². The standard InChI is InChI=1S/C26H24ClN3O3.ClH/c27-25-8-4-2-6-20(25)18-33-26-14-9-19-5-1-3-7-23(19)24(26)17-28-15-16-29-21-10-12-22(13-11-21)30(31)32;/h1-14,28-29H,15-18H2;1H. The minimum absolute atomic E-state index is 0. The summed E-state index contributed by atoms with van der Waals surface area (Å²) < 4.78 is 6.17. The molecule has 2 N–H and O–H groups in total. The Bertz CT molecular complexity index is 1250. The van der Waals surface area contributed by atoms with Gasteiger partial charge in [0.2, 0.25) is 0 Å². The number of benzene rings is 4. The number of rotatable bonds is 10. The number of anilines is 1. The molecule has 0 aliphatic heterocycles. The van der Waals surface area contributed by atoms with Crippen molar-refractivity contribution >= 4 is 46.2 Å². The Morgan fingerprint density at radius 2 is 1.62 bits per heavy atom. The van der Waals surface area contributed by atoms with Crippen molar-refractivity contribution in [2.45, 2.75) is 13.2 Å². The molecular weight excluding hydrogens is 473 g/mol. The fourth-order valence-corrected chi connectivity index (χ4v) is 3.80. The Labute approximate surface area is 209 Å². The number of ether oxygens (including phenoxy) is 1. The van der Waals surface area contributed by atoms with Gasteiger partial charge in [0, 0.05) is 53.6 Å². The molecule has 0 aliphatic rings. The summed E-state index contributed by atoms with van der Waals surface area (Å²) in [5.41, 5.74) is 2.96. The van der Waals surface area contributed by atoms with E-state index in [9.17, 15) is 10.1 Å². The Kier molecular flexibility index (Phi) is 9.10. The van der Waals surface area contributed by atoms with Gasteiger partial charge in [-0.2, -0.15) is 0 Å². The molecule has 0 unspecified atom stereocenters. The lowest BCUT2D eigenvalue weighted by atomic mass is 10.0. The van der Waals surface area contributed by atoms with Crippen LogP contribution in [0.25, 0.3) is 10.8 Å². The van der Waals surface area contributed by atoms with Crippen molar-refractivity contribution in [2.75, 3.05) is 18.4 Å². The maximum Gasteiger partial charge on any atom is 0.269 e. The molecule has 6 nitrogen and oxygen atoms in total. The van der Waals surface area contributed by atoms with Crippen LogP contribution in [0.5, 0.6) is 5.75 Å². The third-order valence-corrected chi connectivity index (χ3v) is 5.72. The van der Waals surface area contributed by atoms with Crippen LogP contribution in [0.1, 0.15) is 11.1 Å². The van der Waals surface area contributed by atoms with Crippen LogP contribution in [0, 0.1) is 10.1 Å². The molecule has 0 fully saturated rings. The lowest BCUT2D eigenvalue weighted by Gasteiger charge is -2.16. The molecule has 0 spiro atoms. The maximum atomic E-state index is 10.8. The molecule has 0 heterocycles. The smallest absolute Gasteiger partial charge is 0.269 e. The maximum absolute atomic E-state index is 10.8. The first-order chi connectivity index (χ1) is 16.1. The Morgan fingerprint density at radius 3 is 2.38 bits per heavy atom. The first-order valence-electron chi connectivity index (χ1n) is 10.7. The number of halogens is 2. The number of fused-ring (bicyclic) bond motifs is 1.